The zero-order valence-corrected chi connectivity index (χ0v) is 13.9. The van der Waals surface area contributed by atoms with E-state index in [1.165, 1.54) is 0 Å². The molecule has 21 heavy (non-hydrogen) atoms. The van der Waals surface area contributed by atoms with E-state index in [1.54, 1.807) is 36.0 Å². The molecular weight excluding hydrogens is 308 g/mol. The lowest BCUT2D eigenvalue weighted by Gasteiger charge is -2.23. The van der Waals surface area contributed by atoms with Gasteiger partial charge in [0.25, 0.3) is 0 Å². The van der Waals surface area contributed by atoms with Gasteiger partial charge < -0.3 is 10.4 Å². The van der Waals surface area contributed by atoms with Crippen molar-refractivity contribution in [2.24, 2.45) is 0 Å². The summed E-state index contributed by atoms with van der Waals surface area (Å²) in [5, 5.41) is 12.6. The molecule has 0 bridgehead atoms. The summed E-state index contributed by atoms with van der Waals surface area (Å²) >= 11 is 1.55. The zero-order valence-electron chi connectivity index (χ0n) is 12.2. The number of nitrogens with one attached hydrogen (secondary N) is 2. The van der Waals surface area contributed by atoms with Crippen LogP contribution in [0.2, 0.25) is 0 Å². The lowest BCUT2D eigenvalue weighted by molar-refractivity contribution is 0.288. The normalized spacial score (nSPS) is 18.2. The van der Waals surface area contributed by atoms with Crippen LogP contribution in [0.25, 0.3) is 0 Å². The Labute approximate surface area is 130 Å². The fourth-order valence-electron chi connectivity index (χ4n) is 2.08. The van der Waals surface area contributed by atoms with Crippen LogP contribution in [-0.4, -0.2) is 43.7 Å². The summed E-state index contributed by atoms with van der Waals surface area (Å²) < 4.78 is 27.5. The number of benzene rings is 1. The van der Waals surface area contributed by atoms with Crippen molar-refractivity contribution in [2.75, 3.05) is 18.2 Å². The van der Waals surface area contributed by atoms with Crippen LogP contribution in [0.1, 0.15) is 19.8 Å². The summed E-state index contributed by atoms with van der Waals surface area (Å²) in [6, 6.07) is 6.92. The van der Waals surface area contributed by atoms with Crippen LogP contribution in [0.5, 0.6) is 0 Å². The molecule has 0 saturated heterocycles. The Morgan fingerprint density at radius 2 is 2.05 bits per heavy atom. The van der Waals surface area contributed by atoms with Crippen LogP contribution in [0.3, 0.4) is 0 Å². The van der Waals surface area contributed by atoms with Crippen molar-refractivity contribution < 1.29 is 13.5 Å². The third kappa shape index (κ3) is 4.35. The maximum atomic E-state index is 12.4. The highest BCUT2D eigenvalue weighted by atomic mass is 32.2. The average Bonchev–Trinajstić information content (AvgIpc) is 3.24. The molecule has 1 saturated carbocycles. The Bertz CT molecular complexity index is 569. The average molecular weight is 330 g/mol. The molecule has 0 heterocycles. The summed E-state index contributed by atoms with van der Waals surface area (Å²) in [5.41, 5.74) is 0.575. The van der Waals surface area contributed by atoms with E-state index in [0.717, 1.165) is 12.8 Å². The minimum Gasteiger partial charge on any atom is -0.395 e. The molecule has 1 aliphatic rings. The fourth-order valence-corrected chi connectivity index (χ4v) is 4.18. The number of rotatable bonds is 8. The number of aliphatic hydroxyl groups excluding tert-OH is 1. The number of anilines is 1. The number of aliphatic hydroxyl groups is 1. The van der Waals surface area contributed by atoms with Crippen LogP contribution in [0, 0.1) is 0 Å². The number of hydrogen-bond acceptors (Lipinski definition) is 5. The first-order chi connectivity index (χ1) is 9.97. The second-order valence-corrected chi connectivity index (χ2v) is 8.04. The van der Waals surface area contributed by atoms with Gasteiger partial charge in [-0.05, 0) is 38.2 Å². The molecule has 1 fully saturated rings. The summed E-state index contributed by atoms with van der Waals surface area (Å²) in [6.45, 7) is 1.99. The molecule has 2 unspecified atom stereocenters. The molecule has 118 valence electrons. The van der Waals surface area contributed by atoms with Crippen molar-refractivity contribution in [1.82, 2.24) is 4.72 Å². The van der Waals surface area contributed by atoms with Gasteiger partial charge in [0.05, 0.1) is 12.3 Å². The topological polar surface area (TPSA) is 78.4 Å². The second-order valence-electron chi connectivity index (χ2n) is 5.28. The molecule has 2 rings (SSSR count). The first kappa shape index (κ1) is 16.6. The quantitative estimate of drug-likeness (QED) is 0.675. The van der Waals surface area contributed by atoms with E-state index in [1.807, 2.05) is 13.2 Å². The molecule has 7 heteroatoms. The zero-order chi connectivity index (χ0) is 15.5. The molecule has 1 aromatic rings. The summed E-state index contributed by atoms with van der Waals surface area (Å²) in [7, 11) is -3.49. The first-order valence-electron chi connectivity index (χ1n) is 6.99. The molecule has 0 amide bonds. The third-order valence-corrected chi connectivity index (χ3v) is 6.24. The molecule has 0 spiro atoms. The van der Waals surface area contributed by atoms with E-state index in [4.69, 9.17) is 0 Å². The summed E-state index contributed by atoms with van der Waals surface area (Å²) in [5.74, 6) is 0. The maximum absolute atomic E-state index is 12.4. The Morgan fingerprint density at radius 3 is 2.62 bits per heavy atom. The van der Waals surface area contributed by atoms with E-state index in [2.05, 4.69) is 10.0 Å². The van der Waals surface area contributed by atoms with E-state index in [0.29, 0.717) is 5.69 Å². The SMILES string of the molecule is CSC(CO)C(C)Nc1ccccc1S(=O)(=O)NC1CC1. The Kier molecular flexibility index (Phi) is 5.54. The lowest BCUT2D eigenvalue weighted by atomic mass is 10.2. The van der Waals surface area contributed by atoms with Gasteiger partial charge >= 0.3 is 0 Å². The minimum absolute atomic E-state index is 0.0113. The highest BCUT2D eigenvalue weighted by Crippen LogP contribution is 2.27. The van der Waals surface area contributed by atoms with E-state index in [9.17, 15) is 13.5 Å². The van der Waals surface area contributed by atoms with Gasteiger partial charge in [0.2, 0.25) is 10.0 Å². The maximum Gasteiger partial charge on any atom is 0.242 e. The highest BCUT2D eigenvalue weighted by molar-refractivity contribution is 7.99. The van der Waals surface area contributed by atoms with Crippen LogP contribution in [0.4, 0.5) is 5.69 Å². The summed E-state index contributed by atoms with van der Waals surface area (Å²) in [6.07, 6.45) is 3.74. The third-order valence-electron chi connectivity index (χ3n) is 3.50. The molecule has 0 radical (unpaired) electrons. The Hall–Kier alpha value is -0.760. The molecule has 0 aromatic heterocycles. The van der Waals surface area contributed by atoms with Gasteiger partial charge in [-0.15, -0.1) is 0 Å². The number of sulfonamides is 1. The van der Waals surface area contributed by atoms with Crippen LogP contribution < -0.4 is 10.0 Å². The monoisotopic (exact) mass is 330 g/mol. The molecule has 5 nitrogen and oxygen atoms in total. The second kappa shape index (κ2) is 7.00. The largest absolute Gasteiger partial charge is 0.395 e. The van der Waals surface area contributed by atoms with Crippen LogP contribution >= 0.6 is 11.8 Å². The molecule has 2 atom stereocenters. The Morgan fingerprint density at radius 1 is 1.38 bits per heavy atom. The van der Waals surface area contributed by atoms with Gasteiger partial charge in [-0.3, -0.25) is 0 Å². The standard InChI is InChI=1S/C14H22N2O3S2/c1-10(13(9-17)20-2)15-12-5-3-4-6-14(12)21(18,19)16-11-7-8-11/h3-6,10-11,13,15-17H,7-9H2,1-2H3. The number of hydrogen-bond donors (Lipinski definition) is 3. The van der Waals surface area contributed by atoms with Crippen LogP contribution in [0.15, 0.2) is 29.2 Å². The van der Waals surface area contributed by atoms with Gasteiger partial charge in [0.1, 0.15) is 4.90 Å². The van der Waals surface area contributed by atoms with Crippen molar-refractivity contribution in [2.45, 2.75) is 42.0 Å². The van der Waals surface area contributed by atoms with Gasteiger partial charge in [0.15, 0.2) is 0 Å². The summed E-state index contributed by atoms with van der Waals surface area (Å²) in [4.78, 5) is 0.265. The van der Waals surface area contributed by atoms with Crippen molar-refractivity contribution in [3.8, 4) is 0 Å². The van der Waals surface area contributed by atoms with Gasteiger partial charge in [-0.25, -0.2) is 13.1 Å². The predicted octanol–water partition coefficient (Wildman–Crippen LogP) is 1.65. The first-order valence-corrected chi connectivity index (χ1v) is 9.76. The molecule has 0 aliphatic heterocycles. The predicted molar refractivity (Wildman–Crippen MR) is 87.3 cm³/mol. The number of para-hydroxylation sites is 1. The van der Waals surface area contributed by atoms with E-state index in [-0.39, 0.29) is 28.8 Å². The van der Waals surface area contributed by atoms with Crippen molar-refractivity contribution in [1.29, 1.82) is 0 Å². The lowest BCUT2D eigenvalue weighted by Crippen LogP contribution is -2.32. The minimum atomic E-state index is -3.49. The molecular formula is C14H22N2O3S2. The van der Waals surface area contributed by atoms with Crippen molar-refractivity contribution in [3.63, 3.8) is 0 Å². The van der Waals surface area contributed by atoms with E-state index < -0.39 is 10.0 Å². The van der Waals surface area contributed by atoms with Crippen LogP contribution in [-0.2, 0) is 10.0 Å². The number of thioether (sulfide) groups is 1. The van der Waals surface area contributed by atoms with Gasteiger partial charge in [-0.2, -0.15) is 11.8 Å². The van der Waals surface area contributed by atoms with Crippen molar-refractivity contribution >= 4 is 27.5 Å². The smallest absolute Gasteiger partial charge is 0.242 e. The molecule has 3 N–H and O–H groups in total. The van der Waals surface area contributed by atoms with Crippen molar-refractivity contribution in [3.05, 3.63) is 24.3 Å². The van der Waals surface area contributed by atoms with Gasteiger partial charge in [-0.1, -0.05) is 12.1 Å². The molecule has 1 aromatic carbocycles. The van der Waals surface area contributed by atoms with E-state index >= 15 is 0 Å². The molecule has 1 aliphatic carbocycles. The van der Waals surface area contributed by atoms with Gasteiger partial charge in [0, 0.05) is 17.3 Å². The fraction of sp³-hybridized carbons (Fsp3) is 0.571. The highest BCUT2D eigenvalue weighted by Gasteiger charge is 2.29. The Balaban J connectivity index is 2.20.